The number of hydrogen-bond acceptors (Lipinski definition) is 2. The monoisotopic (exact) mass is 195 g/mol. The van der Waals surface area contributed by atoms with Crippen LogP contribution >= 0.6 is 0 Å². The number of hydrogen-bond donors (Lipinski definition) is 1. The van der Waals surface area contributed by atoms with E-state index >= 15 is 0 Å². The first-order chi connectivity index (χ1) is 6.74. The number of methoxy groups -OCH3 is 1. The molecule has 0 atom stereocenters. The van der Waals surface area contributed by atoms with Gasteiger partial charge >= 0.3 is 5.97 Å². The lowest BCUT2D eigenvalue weighted by Crippen LogP contribution is -2.06. The molecule has 1 heterocycles. The van der Waals surface area contributed by atoms with Crippen molar-refractivity contribution in [3.8, 4) is 0 Å². The van der Waals surface area contributed by atoms with Crippen molar-refractivity contribution in [3.05, 3.63) is 23.5 Å². The Morgan fingerprint density at radius 3 is 2.93 bits per heavy atom. The first-order valence-corrected chi connectivity index (χ1v) is 4.65. The fraction of sp³-hybridized carbons (Fsp3) is 0.500. The molecular weight excluding hydrogens is 182 g/mol. The van der Waals surface area contributed by atoms with E-state index < -0.39 is 5.97 Å². The summed E-state index contributed by atoms with van der Waals surface area (Å²) in [5, 5.41) is 8.97. The SMILES string of the molecule is COCn1ccc(C(=O)O)c1C1CC1. The molecule has 0 saturated heterocycles. The van der Waals surface area contributed by atoms with Gasteiger partial charge in [0.1, 0.15) is 6.73 Å². The molecule has 0 spiro atoms. The van der Waals surface area contributed by atoms with Gasteiger partial charge in [0.2, 0.25) is 0 Å². The average Bonchev–Trinajstić information content (AvgIpc) is 2.88. The van der Waals surface area contributed by atoms with Crippen LogP contribution in [0.2, 0.25) is 0 Å². The number of ether oxygens (including phenoxy) is 1. The topological polar surface area (TPSA) is 51.5 Å². The van der Waals surface area contributed by atoms with Crippen LogP contribution in [0.4, 0.5) is 0 Å². The highest BCUT2D eigenvalue weighted by Crippen LogP contribution is 2.42. The van der Waals surface area contributed by atoms with Gasteiger partial charge in [-0.25, -0.2) is 4.79 Å². The molecule has 4 heteroatoms. The molecule has 0 bridgehead atoms. The summed E-state index contributed by atoms with van der Waals surface area (Å²) in [6.45, 7) is 0.430. The van der Waals surface area contributed by atoms with Crippen molar-refractivity contribution in [1.82, 2.24) is 4.57 Å². The molecule has 1 N–H and O–H groups in total. The van der Waals surface area contributed by atoms with Crippen molar-refractivity contribution >= 4 is 5.97 Å². The molecule has 1 saturated carbocycles. The van der Waals surface area contributed by atoms with Crippen molar-refractivity contribution in [2.75, 3.05) is 7.11 Å². The highest BCUT2D eigenvalue weighted by atomic mass is 16.5. The second-order valence-corrected chi connectivity index (χ2v) is 3.58. The Morgan fingerprint density at radius 2 is 2.43 bits per heavy atom. The first-order valence-electron chi connectivity index (χ1n) is 4.65. The number of aromatic carboxylic acids is 1. The van der Waals surface area contributed by atoms with E-state index in [1.807, 2.05) is 4.57 Å². The maximum absolute atomic E-state index is 10.9. The summed E-state index contributed by atoms with van der Waals surface area (Å²) in [7, 11) is 1.61. The Labute approximate surface area is 82.1 Å². The summed E-state index contributed by atoms with van der Waals surface area (Å²) < 4.78 is 6.89. The van der Waals surface area contributed by atoms with Gasteiger partial charge in [0.15, 0.2) is 0 Å². The smallest absolute Gasteiger partial charge is 0.337 e. The van der Waals surface area contributed by atoms with Crippen molar-refractivity contribution in [2.45, 2.75) is 25.5 Å². The van der Waals surface area contributed by atoms with Crippen LogP contribution < -0.4 is 0 Å². The third-order valence-corrected chi connectivity index (χ3v) is 2.47. The van der Waals surface area contributed by atoms with E-state index in [2.05, 4.69) is 0 Å². The second kappa shape index (κ2) is 3.46. The Kier molecular flexibility index (Phi) is 2.29. The van der Waals surface area contributed by atoms with Crippen molar-refractivity contribution in [1.29, 1.82) is 0 Å². The molecule has 1 fully saturated rings. The second-order valence-electron chi connectivity index (χ2n) is 3.58. The standard InChI is InChI=1S/C10H13NO3/c1-14-6-11-5-4-8(10(12)13)9(11)7-2-3-7/h4-5,7H,2-3,6H2,1H3,(H,12,13). The molecule has 1 aliphatic carbocycles. The van der Waals surface area contributed by atoms with Crippen LogP contribution in [0.25, 0.3) is 0 Å². The molecule has 1 aromatic rings. The van der Waals surface area contributed by atoms with E-state index in [1.165, 1.54) is 0 Å². The zero-order valence-electron chi connectivity index (χ0n) is 8.06. The molecule has 0 aromatic carbocycles. The van der Waals surface area contributed by atoms with Gasteiger partial charge in [-0.2, -0.15) is 0 Å². The van der Waals surface area contributed by atoms with E-state index in [0.29, 0.717) is 18.2 Å². The minimum atomic E-state index is -0.846. The van der Waals surface area contributed by atoms with Gasteiger partial charge < -0.3 is 14.4 Å². The van der Waals surface area contributed by atoms with Gasteiger partial charge in [-0.05, 0) is 18.9 Å². The number of aromatic nitrogens is 1. The highest BCUT2D eigenvalue weighted by Gasteiger charge is 2.31. The average molecular weight is 195 g/mol. The fourth-order valence-corrected chi connectivity index (χ4v) is 1.73. The molecule has 0 aliphatic heterocycles. The highest BCUT2D eigenvalue weighted by molar-refractivity contribution is 5.89. The van der Waals surface area contributed by atoms with Crippen molar-refractivity contribution < 1.29 is 14.6 Å². The zero-order chi connectivity index (χ0) is 10.1. The molecule has 0 amide bonds. The lowest BCUT2D eigenvalue weighted by atomic mass is 10.2. The number of carboxylic acid groups (broad SMARTS) is 1. The summed E-state index contributed by atoms with van der Waals surface area (Å²) in [6, 6.07) is 1.65. The van der Waals surface area contributed by atoms with E-state index in [-0.39, 0.29) is 0 Å². The Bertz CT molecular complexity index is 352. The summed E-state index contributed by atoms with van der Waals surface area (Å²) in [6.07, 6.45) is 3.96. The molecule has 14 heavy (non-hydrogen) atoms. The number of carboxylic acids is 1. The number of rotatable bonds is 4. The normalized spacial score (nSPS) is 15.8. The molecular formula is C10H13NO3. The zero-order valence-corrected chi connectivity index (χ0v) is 8.06. The summed E-state index contributed by atoms with van der Waals surface area (Å²) >= 11 is 0. The van der Waals surface area contributed by atoms with Gasteiger partial charge in [0.25, 0.3) is 0 Å². The van der Waals surface area contributed by atoms with Gasteiger partial charge in [-0.15, -0.1) is 0 Å². The summed E-state index contributed by atoms with van der Waals surface area (Å²) in [5.41, 5.74) is 1.34. The van der Waals surface area contributed by atoms with E-state index in [1.54, 1.807) is 19.4 Å². The van der Waals surface area contributed by atoms with E-state index in [4.69, 9.17) is 9.84 Å². The molecule has 4 nitrogen and oxygen atoms in total. The van der Waals surface area contributed by atoms with Gasteiger partial charge in [0.05, 0.1) is 5.56 Å². The van der Waals surface area contributed by atoms with Gasteiger partial charge in [-0.3, -0.25) is 0 Å². The largest absolute Gasteiger partial charge is 0.478 e. The predicted octanol–water partition coefficient (Wildman–Crippen LogP) is 1.67. The minimum absolute atomic E-state index is 0.421. The minimum Gasteiger partial charge on any atom is -0.478 e. The van der Waals surface area contributed by atoms with Gasteiger partial charge in [-0.1, -0.05) is 0 Å². The Hall–Kier alpha value is -1.29. The third-order valence-electron chi connectivity index (χ3n) is 2.47. The lowest BCUT2D eigenvalue weighted by molar-refractivity contribution is 0.0694. The molecule has 1 aliphatic rings. The van der Waals surface area contributed by atoms with Crippen LogP contribution in [-0.2, 0) is 11.5 Å². The quantitative estimate of drug-likeness (QED) is 0.795. The van der Waals surface area contributed by atoms with Crippen LogP contribution in [0.3, 0.4) is 0 Å². The Morgan fingerprint density at radius 1 is 1.71 bits per heavy atom. The lowest BCUT2D eigenvalue weighted by Gasteiger charge is -2.07. The predicted molar refractivity (Wildman–Crippen MR) is 50.4 cm³/mol. The van der Waals surface area contributed by atoms with Gasteiger partial charge in [0, 0.05) is 24.9 Å². The molecule has 76 valence electrons. The maximum atomic E-state index is 10.9. The molecule has 0 unspecified atom stereocenters. The van der Waals surface area contributed by atoms with Crippen molar-refractivity contribution in [2.24, 2.45) is 0 Å². The van der Waals surface area contributed by atoms with Crippen molar-refractivity contribution in [3.63, 3.8) is 0 Å². The fourth-order valence-electron chi connectivity index (χ4n) is 1.73. The molecule has 0 radical (unpaired) electrons. The Balaban J connectivity index is 2.36. The van der Waals surface area contributed by atoms with Crippen LogP contribution in [-0.4, -0.2) is 22.8 Å². The third kappa shape index (κ3) is 1.53. The van der Waals surface area contributed by atoms with Crippen LogP contribution in [0.15, 0.2) is 12.3 Å². The van der Waals surface area contributed by atoms with Crippen LogP contribution in [0.1, 0.15) is 34.8 Å². The van der Waals surface area contributed by atoms with E-state index in [9.17, 15) is 4.79 Å². The van der Waals surface area contributed by atoms with Crippen LogP contribution in [0, 0.1) is 0 Å². The van der Waals surface area contributed by atoms with Crippen LogP contribution in [0.5, 0.6) is 0 Å². The first kappa shape index (κ1) is 9.27. The molecule has 1 aromatic heterocycles. The van der Waals surface area contributed by atoms with E-state index in [0.717, 1.165) is 18.5 Å². The summed E-state index contributed by atoms with van der Waals surface area (Å²) in [5.74, 6) is -0.423. The number of carbonyl (C=O) groups is 1. The summed E-state index contributed by atoms with van der Waals surface area (Å²) in [4.78, 5) is 10.9. The maximum Gasteiger partial charge on any atom is 0.337 e. The number of nitrogens with zero attached hydrogens (tertiary/aromatic N) is 1. The molecule has 2 rings (SSSR count).